The van der Waals surface area contributed by atoms with Gasteiger partial charge in [-0.3, -0.25) is 0 Å². The molecular formula is C16H14ClNO. The van der Waals surface area contributed by atoms with E-state index in [4.69, 9.17) is 21.7 Å². The molecule has 1 aliphatic carbocycles. The van der Waals surface area contributed by atoms with Gasteiger partial charge in [-0.15, -0.1) is 0 Å². The second-order valence-corrected chi connectivity index (χ2v) is 5.08. The number of hydrogen-bond donors (Lipinski definition) is 1. The van der Waals surface area contributed by atoms with Crippen molar-refractivity contribution in [1.29, 1.82) is 5.41 Å². The lowest BCUT2D eigenvalue weighted by atomic mass is 10.1. The Morgan fingerprint density at radius 2 is 1.95 bits per heavy atom. The molecule has 19 heavy (non-hydrogen) atoms. The monoisotopic (exact) mass is 271 g/mol. The summed E-state index contributed by atoms with van der Waals surface area (Å²) in [5.74, 6) is 0.841. The molecule has 0 saturated heterocycles. The maximum absolute atomic E-state index is 7.81. The van der Waals surface area contributed by atoms with Crippen LogP contribution in [0.25, 0.3) is 0 Å². The first kappa shape index (κ1) is 12.2. The van der Waals surface area contributed by atoms with Gasteiger partial charge in [-0.1, -0.05) is 29.8 Å². The molecule has 2 aromatic rings. The highest BCUT2D eigenvalue weighted by Crippen LogP contribution is 2.27. The molecule has 0 bridgehead atoms. The average Bonchev–Trinajstić information content (AvgIpc) is 2.79. The van der Waals surface area contributed by atoms with Crippen molar-refractivity contribution in [3.8, 4) is 5.75 Å². The van der Waals surface area contributed by atoms with Gasteiger partial charge in [0.05, 0.1) is 0 Å². The molecular weight excluding hydrogens is 258 g/mol. The summed E-state index contributed by atoms with van der Waals surface area (Å²) in [6, 6.07) is 13.6. The van der Waals surface area contributed by atoms with Gasteiger partial charge in [0.25, 0.3) is 0 Å². The van der Waals surface area contributed by atoms with E-state index in [-0.39, 0.29) is 0 Å². The van der Waals surface area contributed by atoms with Crippen LogP contribution in [0.15, 0.2) is 42.5 Å². The van der Waals surface area contributed by atoms with Crippen LogP contribution in [0.2, 0.25) is 5.02 Å². The third-order valence-electron chi connectivity index (χ3n) is 3.40. The first-order valence-electron chi connectivity index (χ1n) is 6.31. The number of halogens is 1. The van der Waals surface area contributed by atoms with Crippen molar-refractivity contribution in [1.82, 2.24) is 0 Å². The Morgan fingerprint density at radius 3 is 2.79 bits per heavy atom. The standard InChI is InChI=1S/C16H14ClNO/c17-15-4-2-1-3-12(15)10-19-13-6-7-14-11(9-13)5-8-16(14)18/h1-4,6-7,9,18H,5,8,10H2. The average molecular weight is 272 g/mol. The van der Waals surface area contributed by atoms with Crippen LogP contribution in [0.3, 0.4) is 0 Å². The Morgan fingerprint density at radius 1 is 1.11 bits per heavy atom. The molecule has 0 aromatic heterocycles. The molecule has 0 spiro atoms. The fourth-order valence-electron chi connectivity index (χ4n) is 2.33. The molecule has 0 fully saturated rings. The summed E-state index contributed by atoms with van der Waals surface area (Å²) in [4.78, 5) is 0. The van der Waals surface area contributed by atoms with Crippen LogP contribution in [-0.2, 0) is 13.0 Å². The fraction of sp³-hybridized carbons (Fsp3) is 0.188. The quantitative estimate of drug-likeness (QED) is 0.890. The SMILES string of the molecule is N=C1CCc2cc(OCc3ccccc3Cl)ccc21. The second-order valence-electron chi connectivity index (χ2n) is 4.68. The van der Waals surface area contributed by atoms with Gasteiger partial charge in [0.1, 0.15) is 12.4 Å². The minimum Gasteiger partial charge on any atom is -0.489 e. The van der Waals surface area contributed by atoms with Crippen molar-refractivity contribution >= 4 is 17.3 Å². The number of aryl methyl sites for hydroxylation is 1. The van der Waals surface area contributed by atoms with Crippen LogP contribution in [-0.4, -0.2) is 5.71 Å². The Labute approximate surface area is 117 Å². The number of fused-ring (bicyclic) bond motifs is 1. The van der Waals surface area contributed by atoms with Gasteiger partial charge in [0, 0.05) is 16.3 Å². The summed E-state index contributed by atoms with van der Waals surface area (Å²) < 4.78 is 5.78. The van der Waals surface area contributed by atoms with E-state index in [2.05, 4.69) is 0 Å². The van der Waals surface area contributed by atoms with E-state index in [1.165, 1.54) is 5.56 Å². The van der Waals surface area contributed by atoms with Gasteiger partial charge in [-0.2, -0.15) is 0 Å². The number of nitrogens with one attached hydrogen (secondary N) is 1. The molecule has 1 N–H and O–H groups in total. The molecule has 2 nitrogen and oxygen atoms in total. The predicted molar refractivity (Wildman–Crippen MR) is 77.4 cm³/mol. The fourth-order valence-corrected chi connectivity index (χ4v) is 2.52. The van der Waals surface area contributed by atoms with E-state index in [0.717, 1.165) is 40.5 Å². The number of benzene rings is 2. The molecule has 2 aromatic carbocycles. The van der Waals surface area contributed by atoms with Crippen molar-refractivity contribution in [2.45, 2.75) is 19.4 Å². The molecule has 3 heteroatoms. The van der Waals surface area contributed by atoms with E-state index in [1.54, 1.807) is 0 Å². The Hall–Kier alpha value is -1.80. The maximum Gasteiger partial charge on any atom is 0.120 e. The summed E-state index contributed by atoms with van der Waals surface area (Å²) in [7, 11) is 0. The molecule has 96 valence electrons. The van der Waals surface area contributed by atoms with Crippen molar-refractivity contribution in [2.75, 3.05) is 0 Å². The predicted octanol–water partition coefficient (Wildman–Crippen LogP) is 4.23. The van der Waals surface area contributed by atoms with E-state index in [1.807, 2.05) is 42.5 Å². The van der Waals surface area contributed by atoms with Crippen LogP contribution < -0.4 is 4.74 Å². The zero-order valence-electron chi connectivity index (χ0n) is 10.4. The highest BCUT2D eigenvalue weighted by Gasteiger charge is 2.16. The van der Waals surface area contributed by atoms with Gasteiger partial charge >= 0.3 is 0 Å². The van der Waals surface area contributed by atoms with Crippen LogP contribution >= 0.6 is 11.6 Å². The van der Waals surface area contributed by atoms with E-state index < -0.39 is 0 Å². The lowest BCUT2D eigenvalue weighted by Crippen LogP contribution is -1.97. The lowest BCUT2D eigenvalue weighted by Gasteiger charge is -2.09. The first-order valence-corrected chi connectivity index (χ1v) is 6.69. The Kier molecular flexibility index (Phi) is 3.26. The molecule has 0 radical (unpaired) electrons. The minimum atomic E-state index is 0.468. The third kappa shape index (κ3) is 2.49. The molecule has 3 rings (SSSR count). The molecule has 0 unspecified atom stereocenters. The highest BCUT2D eigenvalue weighted by molar-refractivity contribution is 6.31. The molecule has 0 atom stereocenters. The normalized spacial score (nSPS) is 13.4. The summed E-state index contributed by atoms with van der Waals surface area (Å²) in [5, 5.41) is 8.53. The van der Waals surface area contributed by atoms with Crippen molar-refractivity contribution in [2.24, 2.45) is 0 Å². The van der Waals surface area contributed by atoms with Gasteiger partial charge in [-0.05, 0) is 48.2 Å². The summed E-state index contributed by atoms with van der Waals surface area (Å²) in [6.45, 7) is 0.468. The molecule has 0 saturated carbocycles. The summed E-state index contributed by atoms with van der Waals surface area (Å²) in [6.07, 6.45) is 1.78. The first-order chi connectivity index (χ1) is 9.24. The van der Waals surface area contributed by atoms with Crippen LogP contribution in [0.1, 0.15) is 23.1 Å². The molecule has 0 heterocycles. The van der Waals surface area contributed by atoms with Gasteiger partial charge in [0.15, 0.2) is 0 Å². The van der Waals surface area contributed by atoms with Crippen LogP contribution in [0, 0.1) is 5.41 Å². The van der Waals surface area contributed by atoms with Crippen LogP contribution in [0.5, 0.6) is 5.75 Å². The largest absolute Gasteiger partial charge is 0.489 e. The van der Waals surface area contributed by atoms with E-state index in [0.29, 0.717) is 6.61 Å². The van der Waals surface area contributed by atoms with Crippen molar-refractivity contribution in [3.05, 3.63) is 64.2 Å². The summed E-state index contributed by atoms with van der Waals surface area (Å²) >= 11 is 6.10. The zero-order valence-corrected chi connectivity index (χ0v) is 11.2. The van der Waals surface area contributed by atoms with E-state index >= 15 is 0 Å². The zero-order chi connectivity index (χ0) is 13.2. The lowest BCUT2D eigenvalue weighted by molar-refractivity contribution is 0.306. The van der Waals surface area contributed by atoms with E-state index in [9.17, 15) is 0 Å². The topological polar surface area (TPSA) is 33.1 Å². The molecule has 0 amide bonds. The smallest absolute Gasteiger partial charge is 0.120 e. The number of rotatable bonds is 3. The summed E-state index contributed by atoms with van der Waals surface area (Å²) in [5.41, 5.74) is 3.98. The number of hydrogen-bond acceptors (Lipinski definition) is 2. The van der Waals surface area contributed by atoms with Crippen molar-refractivity contribution < 1.29 is 4.74 Å². The van der Waals surface area contributed by atoms with Crippen LogP contribution in [0.4, 0.5) is 0 Å². The van der Waals surface area contributed by atoms with Gasteiger partial charge in [0.2, 0.25) is 0 Å². The second kappa shape index (κ2) is 5.06. The molecule has 1 aliphatic rings. The van der Waals surface area contributed by atoms with Crippen molar-refractivity contribution in [3.63, 3.8) is 0 Å². The Bertz CT molecular complexity index is 636. The maximum atomic E-state index is 7.81. The van der Waals surface area contributed by atoms with Gasteiger partial charge < -0.3 is 10.1 Å². The number of ether oxygens (including phenoxy) is 1. The molecule has 0 aliphatic heterocycles. The van der Waals surface area contributed by atoms with Gasteiger partial charge in [-0.25, -0.2) is 0 Å². The Balaban J connectivity index is 1.75. The third-order valence-corrected chi connectivity index (χ3v) is 3.77. The highest BCUT2D eigenvalue weighted by atomic mass is 35.5. The minimum absolute atomic E-state index is 0.468.